The van der Waals surface area contributed by atoms with Gasteiger partial charge in [0.25, 0.3) is 5.91 Å². The fourth-order valence-electron chi connectivity index (χ4n) is 6.21. The van der Waals surface area contributed by atoms with E-state index in [2.05, 4.69) is 17.2 Å². The second kappa shape index (κ2) is 21.8. The van der Waals surface area contributed by atoms with Gasteiger partial charge in [-0.1, -0.05) is 61.7 Å². The summed E-state index contributed by atoms with van der Waals surface area (Å²) < 4.78 is 5.25. The molecule has 2 aliphatic carbocycles. The molecule has 0 bridgehead atoms. The van der Waals surface area contributed by atoms with Crippen LogP contribution in [0.15, 0.2) is 55.1 Å². The van der Waals surface area contributed by atoms with Gasteiger partial charge in [0.05, 0.1) is 6.54 Å². The second-order valence-electron chi connectivity index (χ2n) is 14.8. The molecule has 0 heterocycles. The van der Waals surface area contributed by atoms with Crippen LogP contribution in [0.2, 0.25) is 0 Å². The average Bonchev–Trinajstić information content (AvgIpc) is 3.59. The van der Waals surface area contributed by atoms with Gasteiger partial charge in [0, 0.05) is 32.7 Å². The van der Waals surface area contributed by atoms with E-state index in [0.717, 1.165) is 55.4 Å². The van der Waals surface area contributed by atoms with E-state index in [-0.39, 0.29) is 37.4 Å². The molecule has 0 unspecified atom stereocenters. The maximum Gasteiger partial charge on any atom is 0.407 e. The van der Waals surface area contributed by atoms with Crippen molar-refractivity contribution in [2.75, 3.05) is 45.8 Å². The van der Waals surface area contributed by atoms with Crippen LogP contribution < -0.4 is 10.6 Å². The Morgan fingerprint density at radius 1 is 0.846 bits per heavy atom. The summed E-state index contributed by atoms with van der Waals surface area (Å²) in [6, 6.07) is 8.70. The molecule has 0 spiro atoms. The van der Waals surface area contributed by atoms with Gasteiger partial charge in [-0.25, -0.2) is 9.59 Å². The quantitative estimate of drug-likeness (QED) is 0.0792. The Morgan fingerprint density at radius 2 is 1.50 bits per heavy atom. The van der Waals surface area contributed by atoms with E-state index >= 15 is 0 Å². The van der Waals surface area contributed by atoms with E-state index in [9.17, 15) is 28.8 Å². The summed E-state index contributed by atoms with van der Waals surface area (Å²) in [5, 5.41) is 5.39. The van der Waals surface area contributed by atoms with E-state index in [1.54, 1.807) is 37.8 Å². The molecule has 0 radical (unpaired) electrons. The van der Waals surface area contributed by atoms with Crippen LogP contribution in [0.1, 0.15) is 90.5 Å². The number of imide groups is 1. The van der Waals surface area contributed by atoms with Crippen LogP contribution in [0.3, 0.4) is 0 Å². The number of carbonyl (C=O) groups excluding carboxylic acids is 6. The monoisotopic (exact) mass is 721 g/mol. The Labute approximate surface area is 309 Å². The van der Waals surface area contributed by atoms with E-state index in [4.69, 9.17) is 4.74 Å². The van der Waals surface area contributed by atoms with Gasteiger partial charge < -0.3 is 25.2 Å². The predicted molar refractivity (Wildman–Crippen MR) is 200 cm³/mol. The number of alkyl carbamates (subject to hydrolysis) is 1. The molecular formula is C40H59N5O7. The Morgan fingerprint density at radius 3 is 2.12 bits per heavy atom. The number of ether oxygens (including phenoxy) is 1. The molecule has 0 atom stereocenters. The van der Waals surface area contributed by atoms with E-state index in [1.165, 1.54) is 11.0 Å². The molecule has 52 heavy (non-hydrogen) atoms. The first-order chi connectivity index (χ1) is 24.9. The number of hydrogen-bond acceptors (Lipinski definition) is 7. The van der Waals surface area contributed by atoms with Crippen LogP contribution in [0.5, 0.6) is 0 Å². The molecule has 1 aromatic rings. The predicted octanol–water partition coefficient (Wildman–Crippen LogP) is 5.42. The summed E-state index contributed by atoms with van der Waals surface area (Å²) in [6.45, 7) is 9.74. The number of Topliss-reactive ketones (excluding diaryl/α,β-unsaturated/α-hetero) is 1. The number of amides is 6. The highest BCUT2D eigenvalue weighted by Crippen LogP contribution is 2.28. The minimum Gasteiger partial charge on any atom is -0.444 e. The standard InChI is InChI=1S/C40H59N5O7/c1-5-6-24-41-38(50)45(26-23-31-16-9-7-10-17-31)37(49)34(46)29-43(27-33-20-15-21-33)36(48)30-44(28-32-18-12-13-19-32)35(47)22-11-8-14-25-42-39(51)52-40(2,3)4/h5,7,9-11,16-17,22,32-33H,1,6,8,12-15,18-21,23-30H2,2-4H3,(H,41,50)(H,42,51). The largest absolute Gasteiger partial charge is 0.444 e. The van der Waals surface area contributed by atoms with E-state index in [0.29, 0.717) is 45.3 Å². The van der Waals surface area contributed by atoms with Crippen molar-refractivity contribution in [3.63, 3.8) is 0 Å². The summed E-state index contributed by atoms with van der Waals surface area (Å²) in [6.07, 6.45) is 13.3. The zero-order chi connectivity index (χ0) is 37.9. The molecule has 2 saturated carbocycles. The molecule has 0 saturated heterocycles. The number of rotatable bonds is 20. The normalized spacial score (nSPS) is 14.7. The zero-order valence-corrected chi connectivity index (χ0v) is 31.4. The van der Waals surface area contributed by atoms with Crippen molar-refractivity contribution in [2.45, 2.75) is 97.0 Å². The van der Waals surface area contributed by atoms with Gasteiger partial charge >= 0.3 is 12.1 Å². The lowest BCUT2D eigenvalue weighted by Crippen LogP contribution is -2.52. The minimum atomic E-state index is -0.971. The fourth-order valence-corrected chi connectivity index (χ4v) is 6.21. The van der Waals surface area contributed by atoms with Crippen LogP contribution >= 0.6 is 0 Å². The smallest absolute Gasteiger partial charge is 0.407 e. The topological polar surface area (TPSA) is 145 Å². The van der Waals surface area contributed by atoms with Crippen molar-refractivity contribution in [1.82, 2.24) is 25.3 Å². The van der Waals surface area contributed by atoms with Crippen molar-refractivity contribution in [2.24, 2.45) is 11.8 Å². The first-order valence-electron chi connectivity index (χ1n) is 18.8. The molecule has 2 aliphatic rings. The van der Waals surface area contributed by atoms with Gasteiger partial charge in [-0.05, 0) is 95.6 Å². The fraction of sp³-hybridized carbons (Fsp3) is 0.600. The van der Waals surface area contributed by atoms with Gasteiger partial charge in [-0.2, -0.15) is 0 Å². The molecule has 6 amide bonds. The molecule has 286 valence electrons. The minimum absolute atomic E-state index is 0.00184. The maximum atomic E-state index is 13.9. The lowest BCUT2D eigenvalue weighted by atomic mass is 9.85. The zero-order valence-electron chi connectivity index (χ0n) is 31.4. The third-order valence-corrected chi connectivity index (χ3v) is 9.28. The number of nitrogens with one attached hydrogen (secondary N) is 2. The molecule has 0 aromatic heterocycles. The third-order valence-electron chi connectivity index (χ3n) is 9.28. The number of allylic oxidation sites excluding steroid dienone is 1. The Bertz CT molecular complexity index is 1380. The molecule has 2 fully saturated rings. The summed E-state index contributed by atoms with van der Waals surface area (Å²) in [5.74, 6) is -2.04. The molecular weight excluding hydrogens is 662 g/mol. The number of carbonyl (C=O) groups is 6. The van der Waals surface area contributed by atoms with E-state index in [1.807, 2.05) is 30.3 Å². The van der Waals surface area contributed by atoms with Crippen LogP contribution in [0.25, 0.3) is 0 Å². The average molecular weight is 722 g/mol. The molecule has 12 nitrogen and oxygen atoms in total. The lowest BCUT2D eigenvalue weighted by Gasteiger charge is -2.34. The molecule has 1 aromatic carbocycles. The SMILES string of the molecule is C=CCCNC(=O)N(CCc1ccccc1)C(=O)C(=O)CN(CC1CCC1)C(=O)CN(CC1CCCC1)C(=O)C=CCCCNC(=O)OC(C)(C)C. The number of benzene rings is 1. The highest BCUT2D eigenvalue weighted by atomic mass is 16.6. The van der Waals surface area contributed by atoms with Crippen LogP contribution in [0, 0.1) is 11.8 Å². The van der Waals surface area contributed by atoms with Gasteiger partial charge in [0.2, 0.25) is 17.6 Å². The third kappa shape index (κ3) is 15.4. The summed E-state index contributed by atoms with van der Waals surface area (Å²) in [4.78, 5) is 83.4. The number of ketones is 1. The Kier molecular flexibility index (Phi) is 17.6. The molecule has 3 rings (SSSR count). The lowest BCUT2D eigenvalue weighted by molar-refractivity contribution is -0.147. The van der Waals surface area contributed by atoms with Gasteiger partial charge in [-0.3, -0.25) is 24.1 Å². The summed E-state index contributed by atoms with van der Waals surface area (Å²) in [7, 11) is 0. The van der Waals surface area contributed by atoms with E-state index < -0.39 is 41.9 Å². The summed E-state index contributed by atoms with van der Waals surface area (Å²) >= 11 is 0. The first-order valence-corrected chi connectivity index (χ1v) is 18.8. The highest BCUT2D eigenvalue weighted by molar-refractivity contribution is 6.39. The van der Waals surface area contributed by atoms with Crippen molar-refractivity contribution in [1.29, 1.82) is 0 Å². The Balaban J connectivity index is 1.67. The molecule has 2 N–H and O–H groups in total. The second-order valence-corrected chi connectivity index (χ2v) is 14.8. The van der Waals surface area contributed by atoms with Gasteiger partial charge in [0.1, 0.15) is 12.1 Å². The summed E-state index contributed by atoms with van der Waals surface area (Å²) in [5.41, 5.74) is 0.323. The van der Waals surface area contributed by atoms with Gasteiger partial charge in [-0.15, -0.1) is 6.58 Å². The van der Waals surface area contributed by atoms with Crippen molar-refractivity contribution in [3.05, 3.63) is 60.7 Å². The highest BCUT2D eigenvalue weighted by Gasteiger charge is 2.33. The molecule has 12 heteroatoms. The number of urea groups is 1. The van der Waals surface area contributed by atoms with Crippen LogP contribution in [0.4, 0.5) is 9.59 Å². The number of hydrogen-bond donors (Lipinski definition) is 2. The maximum absolute atomic E-state index is 13.9. The van der Waals surface area contributed by atoms with Crippen molar-refractivity contribution in [3.8, 4) is 0 Å². The van der Waals surface area contributed by atoms with Crippen LogP contribution in [-0.4, -0.2) is 102 Å². The van der Waals surface area contributed by atoms with Crippen molar-refractivity contribution >= 4 is 35.6 Å². The number of unbranched alkanes of at least 4 members (excludes halogenated alkanes) is 1. The molecule has 0 aliphatic heterocycles. The number of nitrogens with zero attached hydrogens (tertiary/aromatic N) is 3. The van der Waals surface area contributed by atoms with Crippen LogP contribution in [-0.2, 0) is 30.3 Å². The first kappa shape index (κ1) is 41.9. The Hall–Kier alpha value is -4.48. The van der Waals surface area contributed by atoms with Crippen molar-refractivity contribution < 1.29 is 33.5 Å². The van der Waals surface area contributed by atoms with Gasteiger partial charge in [0.15, 0.2) is 0 Å².